The van der Waals surface area contributed by atoms with Crippen molar-refractivity contribution in [2.75, 3.05) is 30.0 Å². The predicted molar refractivity (Wildman–Crippen MR) is 97.2 cm³/mol. The van der Waals surface area contributed by atoms with Crippen LogP contribution in [0.5, 0.6) is 5.75 Å². The minimum atomic E-state index is -0.996. The number of carbonyl (C=O) groups excluding carboxylic acids is 3. The second kappa shape index (κ2) is 7.55. The fourth-order valence-corrected chi connectivity index (χ4v) is 4.29. The zero-order chi connectivity index (χ0) is 18.7. The number of thioether (sulfide) groups is 1. The number of rotatable bonds is 6. The van der Waals surface area contributed by atoms with Crippen molar-refractivity contribution in [2.45, 2.75) is 25.0 Å². The fraction of sp³-hybridized carbons (Fsp3) is 0.471. The molecule has 4 amide bonds. The van der Waals surface area contributed by atoms with Gasteiger partial charge in [0, 0.05) is 18.4 Å². The van der Waals surface area contributed by atoms with Gasteiger partial charge in [0.1, 0.15) is 24.0 Å². The van der Waals surface area contributed by atoms with Crippen molar-refractivity contribution in [3.63, 3.8) is 0 Å². The van der Waals surface area contributed by atoms with E-state index in [0.29, 0.717) is 23.6 Å². The second-order valence-electron chi connectivity index (χ2n) is 6.40. The maximum Gasteiger partial charge on any atom is 0.325 e. The van der Waals surface area contributed by atoms with Crippen LogP contribution in [0.4, 0.5) is 10.5 Å². The van der Waals surface area contributed by atoms with Gasteiger partial charge >= 0.3 is 6.03 Å². The number of nitrogens with one attached hydrogen (secondary N) is 2. The molecule has 0 radical (unpaired) electrons. The largest absolute Gasteiger partial charge is 0.491 e. The van der Waals surface area contributed by atoms with Gasteiger partial charge in [-0.1, -0.05) is 0 Å². The highest BCUT2D eigenvalue weighted by Crippen LogP contribution is 2.33. The number of nitrogens with zero attached hydrogens (tertiary/aromatic N) is 1. The molecule has 0 unspecified atom stereocenters. The minimum Gasteiger partial charge on any atom is -0.491 e. The first-order chi connectivity index (χ1) is 12.4. The lowest BCUT2D eigenvalue weighted by molar-refractivity contribution is -0.131. The Hall–Kier alpha value is -2.26. The molecule has 2 heterocycles. The van der Waals surface area contributed by atoms with Crippen LogP contribution in [0.2, 0.25) is 0 Å². The smallest absolute Gasteiger partial charge is 0.325 e. The number of ether oxygens (including phenoxy) is 1. The average Bonchev–Trinajstić information content (AvgIpc) is 3.15. The van der Waals surface area contributed by atoms with Crippen LogP contribution in [0, 0.1) is 0 Å². The first kappa shape index (κ1) is 18.5. The molecule has 2 aliphatic rings. The quantitative estimate of drug-likeness (QED) is 0.632. The van der Waals surface area contributed by atoms with E-state index >= 15 is 0 Å². The number of imide groups is 1. The molecule has 26 heavy (non-hydrogen) atoms. The van der Waals surface area contributed by atoms with Crippen LogP contribution < -0.4 is 15.4 Å². The van der Waals surface area contributed by atoms with Gasteiger partial charge in [-0.2, -0.15) is 11.8 Å². The van der Waals surface area contributed by atoms with E-state index in [4.69, 9.17) is 4.74 Å². The van der Waals surface area contributed by atoms with E-state index in [1.54, 1.807) is 36.0 Å². The highest BCUT2D eigenvalue weighted by molar-refractivity contribution is 7.99. The molecule has 8 nitrogen and oxygen atoms in total. The number of hydrogen-bond acceptors (Lipinski definition) is 6. The third-order valence-electron chi connectivity index (χ3n) is 4.28. The molecule has 1 spiro atoms. The summed E-state index contributed by atoms with van der Waals surface area (Å²) < 4.78 is 5.49. The van der Waals surface area contributed by atoms with Gasteiger partial charge in [-0.3, -0.25) is 14.5 Å². The third kappa shape index (κ3) is 3.94. The molecule has 9 heteroatoms. The molecule has 1 aromatic carbocycles. The maximum atomic E-state index is 12.5. The standard InChI is InChI=1S/C17H21N3O5S/c1-11(21)18-12-2-4-14(5-3-12)25-9-13(22)8-20-15(23)17(19-16(20)24)6-7-26-10-17/h2-5,13,22H,6-10H2,1H3,(H,18,21)(H,19,24)/t13-,17-/m0/s1. The molecule has 0 saturated carbocycles. The molecular formula is C17H21N3O5S. The van der Waals surface area contributed by atoms with Gasteiger partial charge in [-0.15, -0.1) is 0 Å². The van der Waals surface area contributed by atoms with Crippen LogP contribution in [-0.4, -0.2) is 64.2 Å². The fourth-order valence-electron chi connectivity index (χ4n) is 2.97. The SMILES string of the molecule is CC(=O)Nc1ccc(OC[C@@H](O)CN2C(=O)N[C@]3(CCSC3)C2=O)cc1. The first-order valence-corrected chi connectivity index (χ1v) is 9.45. The van der Waals surface area contributed by atoms with E-state index in [9.17, 15) is 19.5 Å². The Labute approximate surface area is 155 Å². The van der Waals surface area contributed by atoms with Gasteiger partial charge in [0.15, 0.2) is 0 Å². The third-order valence-corrected chi connectivity index (χ3v) is 5.47. The number of carbonyl (C=O) groups is 3. The summed E-state index contributed by atoms with van der Waals surface area (Å²) in [6.45, 7) is 1.25. The van der Waals surface area contributed by atoms with Gasteiger partial charge in [0.25, 0.3) is 5.91 Å². The lowest BCUT2D eigenvalue weighted by atomic mass is 9.99. The molecule has 2 saturated heterocycles. The van der Waals surface area contributed by atoms with Crippen molar-refractivity contribution >= 4 is 35.3 Å². The van der Waals surface area contributed by atoms with Crippen LogP contribution in [0.3, 0.4) is 0 Å². The van der Waals surface area contributed by atoms with E-state index in [0.717, 1.165) is 10.7 Å². The van der Waals surface area contributed by atoms with Crippen LogP contribution in [0.25, 0.3) is 0 Å². The molecule has 2 atom stereocenters. The van der Waals surface area contributed by atoms with E-state index in [1.165, 1.54) is 6.92 Å². The van der Waals surface area contributed by atoms with Crippen molar-refractivity contribution in [3.8, 4) is 5.75 Å². The van der Waals surface area contributed by atoms with E-state index < -0.39 is 17.7 Å². The Bertz CT molecular complexity index is 703. The highest BCUT2D eigenvalue weighted by Gasteiger charge is 2.53. The number of anilines is 1. The van der Waals surface area contributed by atoms with Crippen LogP contribution >= 0.6 is 11.8 Å². The monoisotopic (exact) mass is 379 g/mol. The summed E-state index contributed by atoms with van der Waals surface area (Å²) in [5.74, 6) is 1.48. The lowest BCUT2D eigenvalue weighted by Gasteiger charge is -2.21. The Balaban J connectivity index is 1.51. The normalized spacial score (nSPS) is 23.2. The Morgan fingerprint density at radius 3 is 2.77 bits per heavy atom. The van der Waals surface area contributed by atoms with Crippen molar-refractivity contribution in [2.24, 2.45) is 0 Å². The van der Waals surface area contributed by atoms with Crippen LogP contribution in [-0.2, 0) is 9.59 Å². The highest BCUT2D eigenvalue weighted by atomic mass is 32.2. The molecule has 2 fully saturated rings. The van der Waals surface area contributed by atoms with Crippen molar-refractivity contribution < 1.29 is 24.2 Å². The zero-order valence-corrected chi connectivity index (χ0v) is 15.2. The molecule has 0 aliphatic carbocycles. The summed E-state index contributed by atoms with van der Waals surface area (Å²) in [6.07, 6.45) is -0.379. The van der Waals surface area contributed by atoms with Crippen LogP contribution in [0.15, 0.2) is 24.3 Å². The number of hydrogen-bond donors (Lipinski definition) is 3. The number of amides is 4. The summed E-state index contributed by atoms with van der Waals surface area (Å²) in [5, 5.41) is 15.6. The summed E-state index contributed by atoms with van der Waals surface area (Å²) in [7, 11) is 0. The van der Waals surface area contributed by atoms with E-state index in [2.05, 4.69) is 10.6 Å². The predicted octanol–water partition coefficient (Wildman–Crippen LogP) is 0.812. The molecule has 0 bridgehead atoms. The lowest BCUT2D eigenvalue weighted by Crippen LogP contribution is -2.47. The van der Waals surface area contributed by atoms with Gasteiger partial charge in [-0.05, 0) is 36.4 Å². The molecule has 3 N–H and O–H groups in total. The number of urea groups is 1. The second-order valence-corrected chi connectivity index (χ2v) is 7.51. The van der Waals surface area contributed by atoms with E-state index in [1.807, 2.05) is 0 Å². The Kier molecular flexibility index (Phi) is 5.38. The first-order valence-electron chi connectivity index (χ1n) is 8.30. The summed E-state index contributed by atoms with van der Waals surface area (Å²) >= 11 is 1.63. The van der Waals surface area contributed by atoms with Crippen molar-refractivity contribution in [3.05, 3.63) is 24.3 Å². The molecular weight excluding hydrogens is 358 g/mol. The van der Waals surface area contributed by atoms with Crippen molar-refractivity contribution in [1.29, 1.82) is 0 Å². The van der Waals surface area contributed by atoms with E-state index in [-0.39, 0.29) is 25.0 Å². The van der Waals surface area contributed by atoms with Crippen LogP contribution in [0.1, 0.15) is 13.3 Å². The van der Waals surface area contributed by atoms with Gasteiger partial charge in [-0.25, -0.2) is 4.79 Å². The topological polar surface area (TPSA) is 108 Å². The summed E-state index contributed by atoms with van der Waals surface area (Å²) in [6, 6.07) is 6.23. The number of benzene rings is 1. The number of β-amino-alcohol motifs (C(OH)–C–C–N with tert-alkyl or cyclic N) is 1. The van der Waals surface area contributed by atoms with Crippen molar-refractivity contribution in [1.82, 2.24) is 10.2 Å². The van der Waals surface area contributed by atoms with Gasteiger partial charge < -0.3 is 20.5 Å². The van der Waals surface area contributed by atoms with Gasteiger partial charge in [0.05, 0.1) is 6.54 Å². The molecule has 140 valence electrons. The Morgan fingerprint density at radius 2 is 2.15 bits per heavy atom. The maximum absolute atomic E-state index is 12.5. The molecule has 2 aliphatic heterocycles. The summed E-state index contributed by atoms with van der Waals surface area (Å²) in [5.41, 5.74) is -0.161. The zero-order valence-electron chi connectivity index (χ0n) is 14.4. The summed E-state index contributed by atoms with van der Waals surface area (Å²) in [4.78, 5) is 36.6. The number of aliphatic hydroxyl groups is 1. The Morgan fingerprint density at radius 1 is 1.42 bits per heavy atom. The molecule has 3 rings (SSSR count). The average molecular weight is 379 g/mol. The number of aliphatic hydroxyl groups excluding tert-OH is 1. The van der Waals surface area contributed by atoms with Gasteiger partial charge in [0.2, 0.25) is 5.91 Å². The molecule has 1 aromatic rings. The minimum absolute atomic E-state index is 0.0572. The molecule has 0 aromatic heterocycles.